The Morgan fingerprint density at radius 2 is 1.39 bits per heavy atom. The number of hydrogen-bond donors (Lipinski definition) is 0. The summed E-state index contributed by atoms with van der Waals surface area (Å²) in [6, 6.07) is 27.7. The number of fused-ring (bicyclic) bond motifs is 1. The second kappa shape index (κ2) is 8.70. The van der Waals surface area contributed by atoms with Crippen molar-refractivity contribution in [3.05, 3.63) is 113 Å². The van der Waals surface area contributed by atoms with Gasteiger partial charge in [-0.2, -0.15) is 0 Å². The fraction of sp³-hybridized carbons (Fsp3) is 0.241. The summed E-state index contributed by atoms with van der Waals surface area (Å²) >= 11 is 0. The van der Waals surface area contributed by atoms with E-state index in [-0.39, 0.29) is 0 Å². The van der Waals surface area contributed by atoms with Crippen molar-refractivity contribution in [3.8, 4) is 5.75 Å². The molecule has 0 fully saturated rings. The van der Waals surface area contributed by atoms with Crippen LogP contribution in [-0.2, 0) is 17.7 Å². The van der Waals surface area contributed by atoms with E-state index in [0.717, 1.165) is 38.1 Å². The Labute approximate surface area is 195 Å². The number of nitrogens with zero attached hydrogens (tertiary/aromatic N) is 2. The average molecular weight is 437 g/mol. The first kappa shape index (κ1) is 20.0. The minimum Gasteiger partial charge on any atom is -0.477 e. The van der Waals surface area contributed by atoms with E-state index in [4.69, 9.17) is 9.47 Å². The number of hydrogen-bond acceptors (Lipinski definition) is 4. The highest BCUT2D eigenvalue weighted by Gasteiger charge is 2.23. The molecule has 3 aromatic carbocycles. The van der Waals surface area contributed by atoms with Crippen LogP contribution in [-0.4, -0.2) is 20.0 Å². The van der Waals surface area contributed by atoms with Crippen LogP contribution < -0.4 is 14.5 Å². The summed E-state index contributed by atoms with van der Waals surface area (Å²) in [5.74, 6) is 2.18. The summed E-state index contributed by atoms with van der Waals surface area (Å²) in [5.41, 5.74) is 7.81. The van der Waals surface area contributed by atoms with Crippen molar-refractivity contribution in [3.63, 3.8) is 0 Å². The largest absolute Gasteiger partial charge is 0.477 e. The summed E-state index contributed by atoms with van der Waals surface area (Å²) in [7, 11) is 0. The zero-order chi connectivity index (χ0) is 22.0. The van der Waals surface area contributed by atoms with Crippen molar-refractivity contribution in [2.45, 2.75) is 25.8 Å². The SMILES string of the molecule is C1=C(Cc2ccc3c(c2)CN(c2ccccc2)CO3)CCC2=C1CN(c1ccccc1)CO2. The van der Waals surface area contributed by atoms with Gasteiger partial charge in [0.15, 0.2) is 13.5 Å². The third-order valence-electron chi connectivity index (χ3n) is 6.70. The highest BCUT2D eigenvalue weighted by molar-refractivity contribution is 5.52. The molecule has 4 heteroatoms. The molecule has 4 nitrogen and oxygen atoms in total. The lowest BCUT2D eigenvalue weighted by Crippen LogP contribution is -2.33. The molecule has 6 rings (SSSR count). The van der Waals surface area contributed by atoms with Gasteiger partial charge in [0, 0.05) is 42.0 Å². The Kier molecular flexibility index (Phi) is 5.27. The summed E-state index contributed by atoms with van der Waals surface area (Å²) in [5, 5.41) is 0. The maximum absolute atomic E-state index is 6.11. The van der Waals surface area contributed by atoms with Crippen molar-refractivity contribution < 1.29 is 9.47 Å². The molecule has 0 atom stereocenters. The van der Waals surface area contributed by atoms with E-state index < -0.39 is 0 Å². The smallest absolute Gasteiger partial charge is 0.161 e. The maximum Gasteiger partial charge on any atom is 0.161 e. The van der Waals surface area contributed by atoms with Gasteiger partial charge in [-0.15, -0.1) is 0 Å². The van der Waals surface area contributed by atoms with E-state index in [2.05, 4.69) is 94.7 Å². The molecule has 0 spiro atoms. The predicted molar refractivity (Wildman–Crippen MR) is 132 cm³/mol. The lowest BCUT2D eigenvalue weighted by Gasteiger charge is -2.34. The summed E-state index contributed by atoms with van der Waals surface area (Å²) in [6.07, 6.45) is 5.41. The molecular formula is C29H28N2O2. The first-order chi connectivity index (χ1) is 16.3. The van der Waals surface area contributed by atoms with Crippen LogP contribution >= 0.6 is 0 Å². The zero-order valence-corrected chi connectivity index (χ0v) is 18.7. The Morgan fingerprint density at radius 3 is 2.15 bits per heavy atom. The highest BCUT2D eigenvalue weighted by Crippen LogP contribution is 2.34. The van der Waals surface area contributed by atoms with E-state index in [1.165, 1.54) is 39.4 Å². The molecule has 2 aliphatic heterocycles. The topological polar surface area (TPSA) is 24.9 Å². The first-order valence-corrected chi connectivity index (χ1v) is 11.7. The third-order valence-corrected chi connectivity index (χ3v) is 6.70. The van der Waals surface area contributed by atoms with Crippen LogP contribution in [0.15, 0.2) is 102 Å². The molecule has 0 radical (unpaired) electrons. The van der Waals surface area contributed by atoms with Gasteiger partial charge in [0.1, 0.15) is 11.5 Å². The van der Waals surface area contributed by atoms with E-state index in [1.54, 1.807) is 0 Å². The number of rotatable bonds is 4. The van der Waals surface area contributed by atoms with Crippen LogP contribution in [0.5, 0.6) is 5.75 Å². The van der Waals surface area contributed by atoms with E-state index in [1.807, 2.05) is 0 Å². The van der Waals surface area contributed by atoms with Crippen molar-refractivity contribution >= 4 is 11.4 Å². The fourth-order valence-electron chi connectivity index (χ4n) is 4.96. The monoisotopic (exact) mass is 436 g/mol. The third kappa shape index (κ3) is 4.21. The van der Waals surface area contributed by atoms with Crippen LogP contribution in [0, 0.1) is 0 Å². The molecule has 0 saturated carbocycles. The van der Waals surface area contributed by atoms with Crippen molar-refractivity contribution in [1.29, 1.82) is 0 Å². The molecule has 2 heterocycles. The highest BCUT2D eigenvalue weighted by atomic mass is 16.5. The minimum absolute atomic E-state index is 0.594. The standard InChI is InChI=1S/C29H28N2O2/c1-3-7-26(8-4-1)30-18-24-16-22(11-13-28(24)32-20-30)15-23-12-14-29-25(17-23)19-31(21-33-29)27-9-5-2-6-10-27/h1-11,13,16-17H,12,14-15,18-21H2. The van der Waals surface area contributed by atoms with Gasteiger partial charge in [-0.3, -0.25) is 0 Å². The van der Waals surface area contributed by atoms with Gasteiger partial charge in [0.2, 0.25) is 0 Å². The van der Waals surface area contributed by atoms with Crippen LogP contribution in [0.4, 0.5) is 11.4 Å². The molecule has 3 aromatic rings. The van der Waals surface area contributed by atoms with Gasteiger partial charge in [-0.05, 0) is 54.8 Å². The molecule has 0 saturated heterocycles. The van der Waals surface area contributed by atoms with Crippen molar-refractivity contribution in [2.24, 2.45) is 0 Å². The van der Waals surface area contributed by atoms with E-state index >= 15 is 0 Å². The maximum atomic E-state index is 6.11. The lowest BCUT2D eigenvalue weighted by molar-refractivity contribution is 0.184. The Morgan fingerprint density at radius 1 is 0.697 bits per heavy atom. The van der Waals surface area contributed by atoms with Crippen LogP contribution in [0.25, 0.3) is 0 Å². The molecule has 3 aliphatic rings. The zero-order valence-electron chi connectivity index (χ0n) is 18.7. The van der Waals surface area contributed by atoms with Gasteiger partial charge in [0.25, 0.3) is 0 Å². The molecule has 1 aliphatic carbocycles. The van der Waals surface area contributed by atoms with Gasteiger partial charge < -0.3 is 19.3 Å². The molecule has 33 heavy (non-hydrogen) atoms. The minimum atomic E-state index is 0.594. The lowest BCUT2D eigenvalue weighted by atomic mass is 9.91. The summed E-state index contributed by atoms with van der Waals surface area (Å²) in [6.45, 7) is 3.01. The van der Waals surface area contributed by atoms with Gasteiger partial charge in [0.05, 0.1) is 0 Å². The van der Waals surface area contributed by atoms with Crippen LogP contribution in [0.3, 0.4) is 0 Å². The van der Waals surface area contributed by atoms with Gasteiger partial charge >= 0.3 is 0 Å². The van der Waals surface area contributed by atoms with Crippen LogP contribution in [0.2, 0.25) is 0 Å². The van der Waals surface area contributed by atoms with Gasteiger partial charge in [-0.25, -0.2) is 0 Å². The fourth-order valence-corrected chi connectivity index (χ4v) is 4.96. The average Bonchev–Trinajstić information content (AvgIpc) is 2.89. The van der Waals surface area contributed by atoms with E-state index in [9.17, 15) is 0 Å². The molecule has 0 amide bonds. The molecule has 166 valence electrons. The Bertz CT molecular complexity index is 1200. The number of anilines is 2. The second-order valence-electron chi connectivity index (χ2n) is 8.98. The summed E-state index contributed by atoms with van der Waals surface area (Å²) in [4.78, 5) is 4.58. The first-order valence-electron chi connectivity index (χ1n) is 11.7. The van der Waals surface area contributed by atoms with Crippen molar-refractivity contribution in [1.82, 2.24) is 0 Å². The number of ether oxygens (including phenoxy) is 2. The molecule has 0 aromatic heterocycles. The second-order valence-corrected chi connectivity index (χ2v) is 8.98. The quantitative estimate of drug-likeness (QED) is 0.497. The Balaban J connectivity index is 1.18. The Hall–Kier alpha value is -3.66. The number of para-hydroxylation sites is 2. The summed E-state index contributed by atoms with van der Waals surface area (Å²) < 4.78 is 12.2. The molecule has 0 unspecified atom stereocenters. The van der Waals surface area contributed by atoms with E-state index in [0.29, 0.717) is 13.5 Å². The molecule has 0 bridgehead atoms. The van der Waals surface area contributed by atoms with Crippen LogP contribution in [0.1, 0.15) is 24.0 Å². The number of allylic oxidation sites excluding steroid dienone is 2. The normalized spacial score (nSPS) is 17.5. The molecule has 0 N–H and O–H groups in total. The van der Waals surface area contributed by atoms with Gasteiger partial charge in [-0.1, -0.05) is 54.1 Å². The number of benzene rings is 3. The predicted octanol–water partition coefficient (Wildman–Crippen LogP) is 6.05. The molecular weight excluding hydrogens is 408 g/mol. The van der Waals surface area contributed by atoms with Crippen molar-refractivity contribution in [2.75, 3.05) is 29.8 Å².